The first-order valence-corrected chi connectivity index (χ1v) is 8.72. The van der Waals surface area contributed by atoms with E-state index in [1.165, 1.54) is 18.2 Å². The van der Waals surface area contributed by atoms with Gasteiger partial charge in [-0.2, -0.15) is 0 Å². The minimum absolute atomic E-state index is 0.0811. The lowest BCUT2D eigenvalue weighted by Crippen LogP contribution is -2.36. The summed E-state index contributed by atoms with van der Waals surface area (Å²) in [5, 5.41) is 5.36. The van der Waals surface area contributed by atoms with Crippen LogP contribution in [0.15, 0.2) is 48.5 Å². The predicted octanol–water partition coefficient (Wildman–Crippen LogP) is 3.47. The van der Waals surface area contributed by atoms with Gasteiger partial charge in [-0.15, -0.1) is 13.2 Å². The minimum Gasteiger partial charge on any atom is -0.404 e. The van der Waals surface area contributed by atoms with Crippen molar-refractivity contribution in [3.05, 3.63) is 48.5 Å². The minimum atomic E-state index is -4.80. The number of alkyl halides is 3. The number of amides is 1. The average molecular weight is 395 g/mol. The molecule has 0 bridgehead atoms. The molecule has 28 heavy (non-hydrogen) atoms. The number of anilines is 3. The lowest BCUT2D eigenvalue weighted by molar-refractivity contribution is -0.274. The molecule has 1 aliphatic rings. The molecule has 9 heteroatoms. The quantitative estimate of drug-likeness (QED) is 0.784. The Labute approximate surface area is 160 Å². The van der Waals surface area contributed by atoms with Crippen molar-refractivity contribution >= 4 is 23.0 Å². The number of nitrogens with one attached hydrogen (secondary N) is 2. The Morgan fingerprint density at radius 1 is 1.07 bits per heavy atom. The highest BCUT2D eigenvalue weighted by molar-refractivity contribution is 5.94. The number of carbonyl (C=O) groups excluding carboxylic acids is 1. The van der Waals surface area contributed by atoms with E-state index in [0.29, 0.717) is 18.9 Å². The molecule has 0 aliphatic carbocycles. The van der Waals surface area contributed by atoms with Gasteiger partial charge >= 0.3 is 6.36 Å². The molecule has 1 fully saturated rings. The number of morpholine rings is 1. The molecular weight excluding hydrogens is 375 g/mol. The number of para-hydroxylation sites is 2. The van der Waals surface area contributed by atoms with Gasteiger partial charge in [0.1, 0.15) is 0 Å². The molecule has 0 radical (unpaired) electrons. The van der Waals surface area contributed by atoms with Gasteiger partial charge in [0.25, 0.3) is 0 Å². The third-order valence-corrected chi connectivity index (χ3v) is 4.08. The van der Waals surface area contributed by atoms with Crippen molar-refractivity contribution < 1.29 is 27.4 Å². The fourth-order valence-electron chi connectivity index (χ4n) is 2.78. The summed E-state index contributed by atoms with van der Waals surface area (Å²) in [6.45, 7) is 2.79. The smallest absolute Gasteiger partial charge is 0.404 e. The number of halogens is 3. The van der Waals surface area contributed by atoms with E-state index >= 15 is 0 Å². The Balaban J connectivity index is 1.53. The van der Waals surface area contributed by atoms with Crippen molar-refractivity contribution in [2.45, 2.75) is 6.36 Å². The highest BCUT2D eigenvalue weighted by Gasteiger charge is 2.32. The van der Waals surface area contributed by atoms with Gasteiger partial charge in [0.15, 0.2) is 5.75 Å². The summed E-state index contributed by atoms with van der Waals surface area (Å²) < 4.78 is 46.6. The van der Waals surface area contributed by atoms with Crippen LogP contribution < -0.4 is 20.3 Å². The lowest BCUT2D eigenvalue weighted by atomic mass is 10.2. The fraction of sp³-hybridized carbons (Fsp3) is 0.316. The van der Waals surface area contributed by atoms with Gasteiger partial charge in [-0.05, 0) is 36.4 Å². The second-order valence-electron chi connectivity index (χ2n) is 6.09. The van der Waals surface area contributed by atoms with E-state index in [1.807, 2.05) is 12.1 Å². The molecule has 0 atom stereocenters. The summed E-state index contributed by atoms with van der Waals surface area (Å²) in [4.78, 5) is 14.3. The highest BCUT2D eigenvalue weighted by Crippen LogP contribution is 2.29. The molecule has 3 rings (SSSR count). The number of hydrogen-bond acceptors (Lipinski definition) is 5. The number of ether oxygens (including phenoxy) is 2. The predicted molar refractivity (Wildman–Crippen MR) is 99.7 cm³/mol. The Kier molecular flexibility index (Phi) is 6.25. The number of nitrogens with zero attached hydrogens (tertiary/aromatic N) is 1. The molecule has 0 unspecified atom stereocenters. The van der Waals surface area contributed by atoms with E-state index in [4.69, 9.17) is 4.74 Å². The van der Waals surface area contributed by atoms with Gasteiger partial charge in [0.2, 0.25) is 5.91 Å². The maximum atomic E-state index is 12.4. The summed E-state index contributed by atoms with van der Waals surface area (Å²) in [6, 6.07) is 12.9. The summed E-state index contributed by atoms with van der Waals surface area (Å²) in [5.41, 5.74) is 1.72. The van der Waals surface area contributed by atoms with Crippen molar-refractivity contribution in [3.8, 4) is 5.75 Å². The standard InChI is InChI=1S/C19H20F3N3O3/c20-19(21,22)28-17-4-2-1-3-16(17)23-13-18(26)24-14-5-7-15(8-6-14)25-9-11-27-12-10-25/h1-8,23H,9-13H2,(H,24,26). The van der Waals surface area contributed by atoms with Crippen molar-refractivity contribution in [1.29, 1.82) is 0 Å². The third-order valence-electron chi connectivity index (χ3n) is 4.08. The Bertz CT molecular complexity index is 791. The Morgan fingerprint density at radius 3 is 2.43 bits per heavy atom. The monoisotopic (exact) mass is 395 g/mol. The van der Waals surface area contributed by atoms with Gasteiger partial charge in [0.05, 0.1) is 25.4 Å². The fourth-order valence-corrected chi connectivity index (χ4v) is 2.78. The normalized spacial score (nSPS) is 14.5. The van der Waals surface area contributed by atoms with Crippen molar-refractivity contribution in [2.75, 3.05) is 48.4 Å². The molecule has 2 aromatic carbocycles. The summed E-state index contributed by atoms with van der Waals surface area (Å²) in [7, 11) is 0. The van der Waals surface area contributed by atoms with Crippen LogP contribution in [0.25, 0.3) is 0 Å². The number of carbonyl (C=O) groups is 1. The van der Waals surface area contributed by atoms with Crippen LogP contribution in [0.4, 0.5) is 30.2 Å². The van der Waals surface area contributed by atoms with E-state index in [9.17, 15) is 18.0 Å². The molecule has 1 amide bonds. The van der Waals surface area contributed by atoms with E-state index in [0.717, 1.165) is 18.8 Å². The summed E-state index contributed by atoms with van der Waals surface area (Å²) in [6.07, 6.45) is -4.80. The van der Waals surface area contributed by atoms with E-state index in [2.05, 4.69) is 20.3 Å². The molecule has 0 spiro atoms. The van der Waals surface area contributed by atoms with E-state index in [-0.39, 0.29) is 18.1 Å². The highest BCUT2D eigenvalue weighted by atomic mass is 19.4. The van der Waals surface area contributed by atoms with Crippen LogP contribution in [0.3, 0.4) is 0 Å². The van der Waals surface area contributed by atoms with Gasteiger partial charge in [-0.25, -0.2) is 0 Å². The van der Waals surface area contributed by atoms with Gasteiger partial charge in [0, 0.05) is 24.5 Å². The van der Waals surface area contributed by atoms with E-state index < -0.39 is 12.1 Å². The molecule has 1 aliphatic heterocycles. The van der Waals surface area contributed by atoms with Crippen LogP contribution in [0.5, 0.6) is 5.75 Å². The third kappa shape index (κ3) is 5.78. The molecule has 1 heterocycles. The number of hydrogen-bond donors (Lipinski definition) is 2. The molecule has 6 nitrogen and oxygen atoms in total. The molecular formula is C19H20F3N3O3. The van der Waals surface area contributed by atoms with Crippen molar-refractivity contribution in [1.82, 2.24) is 0 Å². The van der Waals surface area contributed by atoms with Crippen LogP contribution in [0.2, 0.25) is 0 Å². The van der Waals surface area contributed by atoms with E-state index in [1.54, 1.807) is 18.2 Å². The maximum absolute atomic E-state index is 12.4. The molecule has 0 saturated carbocycles. The van der Waals surface area contributed by atoms with Crippen molar-refractivity contribution in [3.63, 3.8) is 0 Å². The average Bonchev–Trinajstić information content (AvgIpc) is 2.67. The van der Waals surface area contributed by atoms with Gasteiger partial charge < -0.3 is 25.0 Å². The molecule has 1 saturated heterocycles. The van der Waals surface area contributed by atoms with Crippen LogP contribution >= 0.6 is 0 Å². The SMILES string of the molecule is O=C(CNc1ccccc1OC(F)(F)F)Nc1ccc(N2CCOCC2)cc1. The Morgan fingerprint density at radius 2 is 1.75 bits per heavy atom. The molecule has 150 valence electrons. The molecule has 0 aromatic heterocycles. The van der Waals surface area contributed by atoms with Gasteiger partial charge in [-0.1, -0.05) is 12.1 Å². The summed E-state index contributed by atoms with van der Waals surface area (Å²) in [5.74, 6) is -0.779. The zero-order valence-electron chi connectivity index (χ0n) is 15.0. The summed E-state index contributed by atoms with van der Waals surface area (Å²) >= 11 is 0. The largest absolute Gasteiger partial charge is 0.573 e. The van der Waals surface area contributed by atoms with Crippen molar-refractivity contribution in [2.24, 2.45) is 0 Å². The number of rotatable bonds is 6. The first kappa shape index (κ1) is 19.8. The second-order valence-corrected chi connectivity index (χ2v) is 6.09. The zero-order valence-corrected chi connectivity index (χ0v) is 15.0. The number of benzene rings is 2. The second kappa shape index (κ2) is 8.83. The van der Waals surface area contributed by atoms with Crippen LogP contribution in [-0.4, -0.2) is 45.1 Å². The molecule has 2 N–H and O–H groups in total. The topological polar surface area (TPSA) is 62.8 Å². The lowest BCUT2D eigenvalue weighted by Gasteiger charge is -2.28. The van der Waals surface area contributed by atoms with Crippen LogP contribution in [0.1, 0.15) is 0 Å². The first-order chi connectivity index (χ1) is 13.4. The van der Waals surface area contributed by atoms with Gasteiger partial charge in [-0.3, -0.25) is 4.79 Å². The van der Waals surface area contributed by atoms with Crippen LogP contribution in [0, 0.1) is 0 Å². The zero-order chi connectivity index (χ0) is 20.0. The molecule has 2 aromatic rings. The Hall–Kier alpha value is -2.94. The maximum Gasteiger partial charge on any atom is 0.573 e. The van der Waals surface area contributed by atoms with Crippen LogP contribution in [-0.2, 0) is 9.53 Å². The first-order valence-electron chi connectivity index (χ1n) is 8.72.